The number of aliphatic hydroxyl groups is 3. The van der Waals surface area contributed by atoms with Gasteiger partial charge in [-0.25, -0.2) is 0 Å². The van der Waals surface area contributed by atoms with Crippen LogP contribution in [0.2, 0.25) is 0 Å². The molecule has 0 rings (SSSR count). The van der Waals surface area contributed by atoms with E-state index in [-0.39, 0.29) is 33.0 Å². The maximum Gasteiger partial charge on any atom is 0.115 e. The Bertz CT molecular complexity index is 87.9. The van der Waals surface area contributed by atoms with E-state index < -0.39 is 6.10 Å². The van der Waals surface area contributed by atoms with Gasteiger partial charge in [0.25, 0.3) is 0 Å². The molecule has 0 spiro atoms. The van der Waals surface area contributed by atoms with Crippen LogP contribution in [-0.4, -0.2) is 54.5 Å². The minimum absolute atomic E-state index is 0.0748. The highest BCUT2D eigenvalue weighted by Gasteiger charge is 2.07. The summed E-state index contributed by atoms with van der Waals surface area (Å²) in [5.74, 6) is 0. The molecule has 0 aliphatic rings. The molecule has 0 fully saturated rings. The lowest BCUT2D eigenvalue weighted by Gasteiger charge is -2.13. The predicted molar refractivity (Wildman–Crippen MR) is 41.2 cm³/mol. The van der Waals surface area contributed by atoms with Gasteiger partial charge < -0.3 is 24.8 Å². The monoisotopic (exact) mass is 179 g/mol. The van der Waals surface area contributed by atoms with Crippen LogP contribution in [0.4, 0.5) is 0 Å². The number of hydrogen-bond acceptors (Lipinski definition) is 5. The highest BCUT2D eigenvalue weighted by Crippen LogP contribution is 1.96. The van der Waals surface area contributed by atoms with Crippen LogP contribution in [0.5, 0.6) is 0 Å². The third-order valence-electron chi connectivity index (χ3n) is 1.06. The summed E-state index contributed by atoms with van der Waals surface area (Å²) in [6, 6.07) is 0. The zero-order valence-electron chi connectivity index (χ0n) is 6.85. The van der Waals surface area contributed by atoms with Crippen LogP contribution in [0.15, 0.2) is 0 Å². The van der Waals surface area contributed by atoms with Gasteiger partial charge in [0.2, 0.25) is 0 Å². The number of rotatable bonds is 8. The second kappa shape index (κ2) is 8.89. The minimum Gasteiger partial charge on any atom is -0.394 e. The van der Waals surface area contributed by atoms with E-state index >= 15 is 0 Å². The van der Waals surface area contributed by atoms with Crippen molar-refractivity contribution in [3.05, 3.63) is 6.61 Å². The number of aliphatic hydroxyl groups excluding tert-OH is 3. The van der Waals surface area contributed by atoms with E-state index in [1.165, 1.54) is 6.61 Å². The Morgan fingerprint density at radius 2 is 1.75 bits per heavy atom. The Hall–Kier alpha value is -0.200. The van der Waals surface area contributed by atoms with Crippen LogP contribution in [0, 0.1) is 6.61 Å². The van der Waals surface area contributed by atoms with Gasteiger partial charge >= 0.3 is 0 Å². The molecule has 0 aliphatic carbocycles. The van der Waals surface area contributed by atoms with Gasteiger partial charge in [0.1, 0.15) is 12.7 Å². The van der Waals surface area contributed by atoms with E-state index in [2.05, 4.69) is 0 Å². The molecule has 0 aromatic heterocycles. The van der Waals surface area contributed by atoms with Crippen molar-refractivity contribution in [2.45, 2.75) is 6.10 Å². The largest absolute Gasteiger partial charge is 0.394 e. The summed E-state index contributed by atoms with van der Waals surface area (Å²) in [6.45, 7) is 1.26. The fraction of sp³-hybridized carbons (Fsp3) is 0.857. The van der Waals surface area contributed by atoms with Crippen molar-refractivity contribution in [2.24, 2.45) is 0 Å². The number of hydrogen-bond donors (Lipinski definition) is 3. The second-order valence-corrected chi connectivity index (χ2v) is 2.05. The second-order valence-electron chi connectivity index (χ2n) is 2.05. The molecule has 12 heavy (non-hydrogen) atoms. The van der Waals surface area contributed by atoms with Crippen LogP contribution in [-0.2, 0) is 9.47 Å². The minimum atomic E-state index is -0.538. The lowest BCUT2D eigenvalue weighted by molar-refractivity contribution is -0.0242. The molecule has 0 bridgehead atoms. The maximum absolute atomic E-state index is 8.67. The Morgan fingerprint density at radius 3 is 2.25 bits per heavy atom. The van der Waals surface area contributed by atoms with Crippen LogP contribution in [0.25, 0.3) is 0 Å². The SMILES string of the molecule is OCCO[CH]C(CO)OCCO. The summed E-state index contributed by atoms with van der Waals surface area (Å²) in [6.07, 6.45) is -0.538. The summed E-state index contributed by atoms with van der Waals surface area (Å²) in [4.78, 5) is 0. The molecular formula is C7H15O5. The van der Waals surface area contributed by atoms with Crippen molar-refractivity contribution >= 4 is 0 Å². The van der Waals surface area contributed by atoms with E-state index in [1.54, 1.807) is 0 Å². The lowest BCUT2D eigenvalue weighted by atomic mass is 10.4. The van der Waals surface area contributed by atoms with E-state index in [9.17, 15) is 0 Å². The maximum atomic E-state index is 8.67. The lowest BCUT2D eigenvalue weighted by Crippen LogP contribution is -2.22. The van der Waals surface area contributed by atoms with Gasteiger partial charge in [-0.15, -0.1) is 0 Å². The van der Waals surface area contributed by atoms with Gasteiger partial charge in [0.05, 0.1) is 33.0 Å². The van der Waals surface area contributed by atoms with Crippen molar-refractivity contribution in [2.75, 3.05) is 33.0 Å². The zero-order valence-corrected chi connectivity index (χ0v) is 6.85. The highest BCUT2D eigenvalue weighted by molar-refractivity contribution is 4.66. The van der Waals surface area contributed by atoms with Crippen LogP contribution in [0.3, 0.4) is 0 Å². The molecule has 3 N–H and O–H groups in total. The van der Waals surface area contributed by atoms with Crippen LogP contribution >= 0.6 is 0 Å². The third-order valence-corrected chi connectivity index (χ3v) is 1.06. The molecule has 0 amide bonds. The summed E-state index contributed by atoms with van der Waals surface area (Å²) < 4.78 is 9.72. The molecule has 1 atom stereocenters. The van der Waals surface area contributed by atoms with Crippen molar-refractivity contribution in [3.63, 3.8) is 0 Å². The molecule has 1 radical (unpaired) electrons. The van der Waals surface area contributed by atoms with Crippen LogP contribution in [0.1, 0.15) is 0 Å². The van der Waals surface area contributed by atoms with Gasteiger partial charge in [0, 0.05) is 0 Å². The first-order valence-corrected chi connectivity index (χ1v) is 3.74. The number of ether oxygens (including phenoxy) is 2. The Labute approximate surface area is 71.5 Å². The van der Waals surface area contributed by atoms with Gasteiger partial charge in [-0.3, -0.25) is 0 Å². The Balaban J connectivity index is 3.26. The van der Waals surface area contributed by atoms with Gasteiger partial charge in [-0.05, 0) is 0 Å². The van der Waals surface area contributed by atoms with Gasteiger partial charge in [-0.1, -0.05) is 0 Å². The normalized spacial score (nSPS) is 13.2. The predicted octanol–water partition coefficient (Wildman–Crippen LogP) is -1.47. The highest BCUT2D eigenvalue weighted by atomic mass is 16.5. The van der Waals surface area contributed by atoms with Gasteiger partial charge in [0.15, 0.2) is 0 Å². The average Bonchev–Trinajstić information content (AvgIpc) is 2.11. The van der Waals surface area contributed by atoms with E-state index in [4.69, 9.17) is 24.8 Å². The smallest absolute Gasteiger partial charge is 0.115 e. The standard InChI is InChI=1S/C7H15O5/c8-1-3-11-6-7(5-10)12-4-2-9/h6-10H,1-5H2. The quantitative estimate of drug-likeness (QED) is 0.396. The molecule has 1 unspecified atom stereocenters. The summed E-state index contributed by atoms with van der Waals surface area (Å²) in [5.41, 5.74) is 0. The van der Waals surface area contributed by atoms with Crippen molar-refractivity contribution in [1.29, 1.82) is 0 Å². The first-order chi connectivity index (χ1) is 5.85. The fourth-order valence-electron chi connectivity index (χ4n) is 0.567. The molecule has 0 aliphatic heterocycles. The summed E-state index contributed by atoms with van der Waals surface area (Å²) >= 11 is 0. The fourth-order valence-corrected chi connectivity index (χ4v) is 0.567. The first kappa shape index (κ1) is 11.8. The molecule has 5 heteroatoms. The molecule has 5 nitrogen and oxygen atoms in total. The Kier molecular flexibility index (Phi) is 8.74. The molecule has 0 saturated heterocycles. The zero-order chi connectivity index (χ0) is 9.23. The van der Waals surface area contributed by atoms with Gasteiger partial charge in [-0.2, -0.15) is 0 Å². The van der Waals surface area contributed by atoms with Crippen molar-refractivity contribution < 1.29 is 24.8 Å². The molecule has 0 aromatic rings. The summed E-state index contributed by atoms with van der Waals surface area (Å²) in [5, 5.41) is 25.4. The average molecular weight is 179 g/mol. The molecule has 73 valence electrons. The topological polar surface area (TPSA) is 79.2 Å². The summed E-state index contributed by atoms with van der Waals surface area (Å²) in [7, 11) is 0. The molecular weight excluding hydrogens is 164 g/mol. The first-order valence-electron chi connectivity index (χ1n) is 3.74. The molecule has 0 saturated carbocycles. The van der Waals surface area contributed by atoms with Crippen molar-refractivity contribution in [1.82, 2.24) is 0 Å². The van der Waals surface area contributed by atoms with Crippen LogP contribution < -0.4 is 0 Å². The Morgan fingerprint density at radius 1 is 1.08 bits per heavy atom. The molecule has 0 aromatic carbocycles. The van der Waals surface area contributed by atoms with E-state index in [0.717, 1.165) is 0 Å². The van der Waals surface area contributed by atoms with E-state index in [1.807, 2.05) is 0 Å². The van der Waals surface area contributed by atoms with Crippen molar-refractivity contribution in [3.8, 4) is 0 Å². The van der Waals surface area contributed by atoms with E-state index in [0.29, 0.717) is 0 Å². The third kappa shape index (κ3) is 6.51. The molecule has 0 heterocycles.